The predicted octanol–water partition coefficient (Wildman–Crippen LogP) is 3.89. The second-order valence-electron chi connectivity index (χ2n) is 4.43. The molecule has 5 heteroatoms. The summed E-state index contributed by atoms with van der Waals surface area (Å²) in [5.41, 5.74) is 1.07. The molecule has 1 atom stereocenters. The Morgan fingerprint density at radius 2 is 2.26 bits per heavy atom. The molecule has 0 bridgehead atoms. The van der Waals surface area contributed by atoms with E-state index in [0.717, 1.165) is 30.9 Å². The lowest BCUT2D eigenvalue weighted by atomic mass is 10.1. The van der Waals surface area contributed by atoms with Crippen LogP contribution in [0.15, 0.2) is 28.2 Å². The summed E-state index contributed by atoms with van der Waals surface area (Å²) in [6.07, 6.45) is 3.91. The third kappa shape index (κ3) is 4.09. The van der Waals surface area contributed by atoms with Gasteiger partial charge in [-0.2, -0.15) is 0 Å². The number of hydrogen-bond acceptors (Lipinski definition) is 4. The number of hydrogen-bond donors (Lipinski definition) is 1. The van der Waals surface area contributed by atoms with Gasteiger partial charge in [-0.3, -0.25) is 0 Å². The van der Waals surface area contributed by atoms with E-state index in [4.69, 9.17) is 0 Å². The highest BCUT2D eigenvalue weighted by Gasteiger charge is 2.15. The zero-order chi connectivity index (χ0) is 13.7. The summed E-state index contributed by atoms with van der Waals surface area (Å²) in [7, 11) is 0. The quantitative estimate of drug-likeness (QED) is 0.867. The number of nitrogens with zero attached hydrogens (tertiary/aromatic N) is 2. The predicted molar refractivity (Wildman–Crippen MR) is 83.5 cm³/mol. The average Bonchev–Trinajstić information content (AvgIpc) is 2.80. The minimum Gasteiger partial charge on any atom is -0.308 e. The van der Waals surface area contributed by atoms with E-state index in [1.165, 1.54) is 9.35 Å². The van der Waals surface area contributed by atoms with Crippen molar-refractivity contribution in [1.82, 2.24) is 15.3 Å². The van der Waals surface area contributed by atoms with E-state index < -0.39 is 0 Å². The molecule has 0 radical (unpaired) electrons. The summed E-state index contributed by atoms with van der Waals surface area (Å²) in [4.78, 5) is 10.1. The van der Waals surface area contributed by atoms with Crippen LogP contribution in [0.4, 0.5) is 0 Å². The highest BCUT2D eigenvalue weighted by atomic mass is 79.9. The minimum atomic E-state index is 0.247. The number of nitrogens with one attached hydrogen (secondary N) is 1. The van der Waals surface area contributed by atoms with Gasteiger partial charge in [-0.1, -0.05) is 6.92 Å². The smallest absolute Gasteiger partial charge is 0.125 e. The van der Waals surface area contributed by atoms with Crippen LogP contribution in [-0.4, -0.2) is 16.5 Å². The Kier molecular flexibility index (Phi) is 5.48. The largest absolute Gasteiger partial charge is 0.308 e. The van der Waals surface area contributed by atoms with Gasteiger partial charge in [0.25, 0.3) is 0 Å². The van der Waals surface area contributed by atoms with Gasteiger partial charge in [0.15, 0.2) is 0 Å². The van der Waals surface area contributed by atoms with Gasteiger partial charge in [-0.15, -0.1) is 11.3 Å². The first-order valence-electron chi connectivity index (χ1n) is 6.45. The zero-order valence-corrected chi connectivity index (χ0v) is 13.6. The molecule has 1 unspecified atom stereocenters. The summed E-state index contributed by atoms with van der Waals surface area (Å²) in [6, 6.07) is 4.35. The van der Waals surface area contributed by atoms with E-state index in [1.54, 1.807) is 11.3 Å². The Morgan fingerprint density at radius 3 is 2.89 bits per heavy atom. The van der Waals surface area contributed by atoms with Crippen LogP contribution in [0.2, 0.25) is 0 Å². The van der Waals surface area contributed by atoms with Crippen molar-refractivity contribution in [2.75, 3.05) is 6.54 Å². The lowest BCUT2D eigenvalue weighted by Crippen LogP contribution is -2.25. The molecule has 2 aromatic rings. The summed E-state index contributed by atoms with van der Waals surface area (Å²) < 4.78 is 1.19. The Morgan fingerprint density at radius 1 is 1.42 bits per heavy atom. The molecule has 2 rings (SSSR count). The van der Waals surface area contributed by atoms with Crippen LogP contribution in [0, 0.1) is 6.92 Å². The van der Waals surface area contributed by atoms with Gasteiger partial charge >= 0.3 is 0 Å². The summed E-state index contributed by atoms with van der Waals surface area (Å²) in [6.45, 7) is 5.11. The van der Waals surface area contributed by atoms with Gasteiger partial charge in [0.05, 0.1) is 11.7 Å². The van der Waals surface area contributed by atoms with E-state index in [1.807, 2.05) is 19.2 Å². The van der Waals surface area contributed by atoms with E-state index >= 15 is 0 Å². The lowest BCUT2D eigenvalue weighted by Gasteiger charge is -2.18. The van der Waals surface area contributed by atoms with Gasteiger partial charge in [-0.25, -0.2) is 9.97 Å². The van der Waals surface area contributed by atoms with Crippen LogP contribution >= 0.6 is 27.3 Å². The van der Waals surface area contributed by atoms with Crippen molar-refractivity contribution in [3.05, 3.63) is 44.6 Å². The van der Waals surface area contributed by atoms with Crippen LogP contribution in [0.3, 0.4) is 0 Å². The van der Waals surface area contributed by atoms with Gasteiger partial charge in [0, 0.05) is 22.0 Å². The fraction of sp³-hybridized carbons (Fsp3) is 0.429. The maximum atomic E-state index is 4.55. The molecule has 102 valence electrons. The van der Waals surface area contributed by atoms with E-state index in [-0.39, 0.29) is 6.04 Å². The molecule has 1 N–H and O–H groups in total. The molecule has 0 saturated heterocycles. The highest BCUT2D eigenvalue weighted by Crippen LogP contribution is 2.27. The van der Waals surface area contributed by atoms with Gasteiger partial charge in [0.2, 0.25) is 0 Å². The molecule has 0 aliphatic heterocycles. The standard InChI is InChI=1S/C14H18BrN3S/c1-3-6-17-13(9-14-11(15)5-8-19-14)12-4-7-16-10(2)18-12/h4-5,7-8,13,17H,3,6,9H2,1-2H3. The van der Waals surface area contributed by atoms with Gasteiger partial charge in [0.1, 0.15) is 5.82 Å². The average molecular weight is 340 g/mol. The summed E-state index contributed by atoms with van der Waals surface area (Å²) in [5, 5.41) is 5.69. The molecule has 0 aromatic carbocycles. The Labute approximate surface area is 126 Å². The van der Waals surface area contributed by atoms with E-state index in [9.17, 15) is 0 Å². The van der Waals surface area contributed by atoms with Crippen molar-refractivity contribution in [1.29, 1.82) is 0 Å². The molecular formula is C14H18BrN3S. The van der Waals surface area contributed by atoms with Crippen LogP contribution < -0.4 is 5.32 Å². The van der Waals surface area contributed by atoms with Crippen molar-refractivity contribution in [3.8, 4) is 0 Å². The Bertz CT molecular complexity index is 527. The molecule has 0 aliphatic carbocycles. The summed E-state index contributed by atoms with van der Waals surface area (Å²) >= 11 is 5.38. The first kappa shape index (κ1) is 14.6. The number of halogens is 1. The maximum absolute atomic E-state index is 4.55. The van der Waals surface area contributed by atoms with Crippen molar-refractivity contribution >= 4 is 27.3 Å². The van der Waals surface area contributed by atoms with Crippen LogP contribution in [-0.2, 0) is 6.42 Å². The third-order valence-corrected chi connectivity index (χ3v) is 4.82. The molecule has 0 spiro atoms. The number of rotatable bonds is 6. The van der Waals surface area contributed by atoms with Gasteiger partial charge < -0.3 is 5.32 Å². The number of aryl methyl sites for hydroxylation is 1. The first-order chi connectivity index (χ1) is 9.20. The van der Waals surface area contributed by atoms with Crippen molar-refractivity contribution in [3.63, 3.8) is 0 Å². The molecule has 2 aromatic heterocycles. The molecule has 19 heavy (non-hydrogen) atoms. The normalized spacial score (nSPS) is 12.6. The Hall–Kier alpha value is -0.780. The monoisotopic (exact) mass is 339 g/mol. The lowest BCUT2D eigenvalue weighted by molar-refractivity contribution is 0.518. The number of aromatic nitrogens is 2. The molecule has 0 fully saturated rings. The maximum Gasteiger partial charge on any atom is 0.125 e. The minimum absolute atomic E-state index is 0.247. The Balaban J connectivity index is 2.18. The molecule has 0 aliphatic rings. The van der Waals surface area contributed by atoms with Crippen molar-refractivity contribution in [2.45, 2.75) is 32.7 Å². The van der Waals surface area contributed by atoms with Crippen LogP contribution in [0.25, 0.3) is 0 Å². The van der Waals surface area contributed by atoms with Crippen LogP contribution in [0.5, 0.6) is 0 Å². The fourth-order valence-electron chi connectivity index (χ4n) is 1.92. The molecular weight excluding hydrogens is 322 g/mol. The fourth-order valence-corrected chi connectivity index (χ4v) is 3.49. The van der Waals surface area contributed by atoms with E-state index in [0.29, 0.717) is 0 Å². The first-order valence-corrected chi connectivity index (χ1v) is 8.12. The van der Waals surface area contributed by atoms with E-state index in [2.05, 4.69) is 49.6 Å². The highest BCUT2D eigenvalue weighted by molar-refractivity contribution is 9.10. The zero-order valence-electron chi connectivity index (χ0n) is 11.2. The van der Waals surface area contributed by atoms with Crippen molar-refractivity contribution in [2.24, 2.45) is 0 Å². The molecule has 0 saturated carbocycles. The second kappa shape index (κ2) is 7.12. The molecule has 0 amide bonds. The third-order valence-electron chi connectivity index (χ3n) is 2.88. The molecule has 3 nitrogen and oxygen atoms in total. The topological polar surface area (TPSA) is 37.8 Å². The SMILES string of the molecule is CCCNC(Cc1sccc1Br)c1ccnc(C)n1. The second-order valence-corrected chi connectivity index (χ2v) is 6.29. The van der Waals surface area contributed by atoms with Gasteiger partial charge in [-0.05, 0) is 53.3 Å². The summed E-state index contributed by atoms with van der Waals surface area (Å²) in [5.74, 6) is 0.825. The molecule has 2 heterocycles. The van der Waals surface area contributed by atoms with Crippen LogP contribution in [0.1, 0.15) is 35.8 Å². The number of thiophene rings is 1. The van der Waals surface area contributed by atoms with Crippen molar-refractivity contribution < 1.29 is 0 Å².